The van der Waals surface area contributed by atoms with Gasteiger partial charge in [0, 0.05) is 6.20 Å². The Morgan fingerprint density at radius 2 is 2.15 bits per heavy atom. The van der Waals surface area contributed by atoms with Gasteiger partial charge < -0.3 is 4.74 Å². The molecule has 2 heterocycles. The van der Waals surface area contributed by atoms with Gasteiger partial charge in [-0.3, -0.25) is 9.20 Å². The Morgan fingerprint density at radius 1 is 1.30 bits per heavy atom. The second-order valence-electron chi connectivity index (χ2n) is 4.03. The molecule has 0 unspecified atom stereocenters. The first-order chi connectivity index (χ1) is 9.69. The molecule has 0 atom stereocenters. The van der Waals surface area contributed by atoms with E-state index in [4.69, 9.17) is 4.74 Å². The van der Waals surface area contributed by atoms with Crippen LogP contribution in [0.4, 0.5) is 4.39 Å². The maximum atomic E-state index is 13.2. The lowest BCUT2D eigenvalue weighted by atomic mass is 10.3. The summed E-state index contributed by atoms with van der Waals surface area (Å²) in [5.41, 5.74) is 0.909. The fourth-order valence-electron chi connectivity index (χ4n) is 1.83. The number of fused-ring (bicyclic) bond motifs is 1. The zero-order valence-corrected chi connectivity index (χ0v) is 11.7. The van der Waals surface area contributed by atoms with Gasteiger partial charge in [-0.1, -0.05) is 6.07 Å². The summed E-state index contributed by atoms with van der Waals surface area (Å²) < 4.78 is 20.6. The van der Waals surface area contributed by atoms with E-state index < -0.39 is 0 Å². The Kier molecular flexibility index (Phi) is 3.23. The van der Waals surface area contributed by atoms with Crippen LogP contribution in [0.25, 0.3) is 5.65 Å². The SMILES string of the molecule is O=Cc1c(Oc2ccc(F)c(Br)c2)nc2ccccn12. The third kappa shape index (κ3) is 2.18. The summed E-state index contributed by atoms with van der Waals surface area (Å²) in [5, 5.41) is 0. The molecule has 4 nitrogen and oxygen atoms in total. The first-order valence-electron chi connectivity index (χ1n) is 5.74. The molecule has 0 fully saturated rings. The lowest BCUT2D eigenvalue weighted by Gasteiger charge is -2.04. The summed E-state index contributed by atoms with van der Waals surface area (Å²) >= 11 is 3.08. The molecule has 0 bridgehead atoms. The fourth-order valence-corrected chi connectivity index (χ4v) is 2.19. The number of hydrogen-bond donors (Lipinski definition) is 0. The minimum Gasteiger partial charge on any atom is -0.437 e. The van der Waals surface area contributed by atoms with E-state index in [1.807, 2.05) is 6.07 Å². The third-order valence-corrected chi connectivity index (χ3v) is 3.36. The molecule has 0 radical (unpaired) electrons. The van der Waals surface area contributed by atoms with Crippen LogP contribution >= 0.6 is 15.9 Å². The maximum Gasteiger partial charge on any atom is 0.249 e. The number of ether oxygens (including phenoxy) is 1. The average Bonchev–Trinajstić information content (AvgIpc) is 2.80. The number of hydrogen-bond acceptors (Lipinski definition) is 3. The number of halogens is 2. The molecular weight excluding hydrogens is 327 g/mol. The van der Waals surface area contributed by atoms with Gasteiger partial charge >= 0.3 is 0 Å². The van der Waals surface area contributed by atoms with Crippen LogP contribution < -0.4 is 4.74 Å². The smallest absolute Gasteiger partial charge is 0.249 e. The number of carbonyl (C=O) groups is 1. The summed E-state index contributed by atoms with van der Waals surface area (Å²) in [6.07, 6.45) is 2.40. The maximum absolute atomic E-state index is 13.2. The van der Waals surface area contributed by atoms with Crippen molar-refractivity contribution in [2.24, 2.45) is 0 Å². The van der Waals surface area contributed by atoms with Crippen LogP contribution in [-0.2, 0) is 0 Å². The van der Waals surface area contributed by atoms with Crippen LogP contribution in [0, 0.1) is 5.82 Å². The van der Waals surface area contributed by atoms with Crippen molar-refractivity contribution in [2.75, 3.05) is 0 Å². The van der Waals surface area contributed by atoms with Crippen LogP contribution in [0.1, 0.15) is 10.5 Å². The van der Waals surface area contributed by atoms with Crippen molar-refractivity contribution in [3.8, 4) is 11.6 Å². The van der Waals surface area contributed by atoms with Gasteiger partial charge in [0.05, 0.1) is 4.47 Å². The quantitative estimate of drug-likeness (QED) is 0.683. The number of rotatable bonds is 3. The van der Waals surface area contributed by atoms with E-state index >= 15 is 0 Å². The molecular formula is C14H8BrFN2O2. The lowest BCUT2D eigenvalue weighted by Crippen LogP contribution is -1.93. The highest BCUT2D eigenvalue weighted by molar-refractivity contribution is 9.10. The van der Waals surface area contributed by atoms with E-state index in [1.165, 1.54) is 18.2 Å². The standard InChI is InChI=1S/C14H8BrFN2O2/c15-10-7-9(4-5-11(10)16)20-14-12(8-19)18-6-2-1-3-13(18)17-14/h1-8H. The fraction of sp³-hybridized carbons (Fsp3) is 0. The Labute approximate surface area is 121 Å². The second kappa shape index (κ2) is 5.05. The minimum atomic E-state index is -0.386. The molecule has 0 aliphatic heterocycles. The van der Waals surface area contributed by atoms with Gasteiger partial charge in [-0.15, -0.1) is 0 Å². The summed E-state index contributed by atoms with van der Waals surface area (Å²) in [6.45, 7) is 0. The van der Waals surface area contributed by atoms with Crippen molar-refractivity contribution in [2.45, 2.75) is 0 Å². The predicted octanol–water partition coefficient (Wildman–Crippen LogP) is 3.84. The zero-order valence-electron chi connectivity index (χ0n) is 10.1. The van der Waals surface area contributed by atoms with Gasteiger partial charge in [-0.05, 0) is 46.3 Å². The van der Waals surface area contributed by atoms with Crippen molar-refractivity contribution in [3.05, 3.63) is 58.6 Å². The molecule has 1 aromatic carbocycles. The number of benzene rings is 1. The van der Waals surface area contributed by atoms with Crippen LogP contribution in [0.3, 0.4) is 0 Å². The lowest BCUT2D eigenvalue weighted by molar-refractivity contribution is 0.111. The number of pyridine rings is 1. The number of nitrogens with zero attached hydrogens (tertiary/aromatic N) is 2. The van der Waals surface area contributed by atoms with Gasteiger partial charge in [0.1, 0.15) is 17.2 Å². The topological polar surface area (TPSA) is 43.6 Å². The Morgan fingerprint density at radius 3 is 2.90 bits per heavy atom. The van der Waals surface area contributed by atoms with Gasteiger partial charge in [-0.25, -0.2) is 4.39 Å². The molecule has 0 spiro atoms. The van der Waals surface area contributed by atoms with Crippen molar-refractivity contribution in [1.82, 2.24) is 9.38 Å². The zero-order chi connectivity index (χ0) is 14.1. The molecule has 3 aromatic rings. The second-order valence-corrected chi connectivity index (χ2v) is 4.88. The number of aldehydes is 1. The highest BCUT2D eigenvalue weighted by Gasteiger charge is 2.13. The van der Waals surface area contributed by atoms with E-state index in [1.54, 1.807) is 22.7 Å². The Hall–Kier alpha value is -2.21. The van der Waals surface area contributed by atoms with Crippen LogP contribution in [0.2, 0.25) is 0 Å². The summed E-state index contributed by atoms with van der Waals surface area (Å²) in [4.78, 5) is 15.4. The minimum absolute atomic E-state index is 0.185. The van der Waals surface area contributed by atoms with Crippen molar-refractivity contribution in [1.29, 1.82) is 0 Å². The van der Waals surface area contributed by atoms with E-state index in [-0.39, 0.29) is 16.2 Å². The van der Waals surface area contributed by atoms with Crippen molar-refractivity contribution < 1.29 is 13.9 Å². The normalized spacial score (nSPS) is 10.7. The highest BCUT2D eigenvalue weighted by Crippen LogP contribution is 2.28. The third-order valence-electron chi connectivity index (χ3n) is 2.75. The molecule has 0 aliphatic carbocycles. The molecule has 0 amide bonds. The number of imidazole rings is 1. The van der Waals surface area contributed by atoms with E-state index in [0.717, 1.165) is 0 Å². The molecule has 6 heteroatoms. The van der Waals surface area contributed by atoms with Crippen LogP contribution in [-0.4, -0.2) is 15.7 Å². The van der Waals surface area contributed by atoms with Crippen molar-refractivity contribution >= 4 is 27.9 Å². The van der Waals surface area contributed by atoms with Crippen molar-refractivity contribution in [3.63, 3.8) is 0 Å². The summed E-state index contributed by atoms with van der Waals surface area (Å²) in [5.74, 6) is 0.192. The van der Waals surface area contributed by atoms with E-state index in [2.05, 4.69) is 20.9 Å². The van der Waals surface area contributed by atoms with Gasteiger partial charge in [0.25, 0.3) is 0 Å². The Bertz CT molecular complexity index is 801. The summed E-state index contributed by atoms with van der Waals surface area (Å²) in [7, 11) is 0. The highest BCUT2D eigenvalue weighted by atomic mass is 79.9. The van der Waals surface area contributed by atoms with Gasteiger partial charge in [0.15, 0.2) is 12.0 Å². The molecule has 0 N–H and O–H groups in total. The van der Waals surface area contributed by atoms with Gasteiger partial charge in [-0.2, -0.15) is 4.98 Å². The largest absolute Gasteiger partial charge is 0.437 e. The molecule has 2 aromatic heterocycles. The Balaban J connectivity index is 2.05. The first kappa shape index (κ1) is 12.8. The average molecular weight is 335 g/mol. The summed E-state index contributed by atoms with van der Waals surface area (Å²) in [6, 6.07) is 9.60. The number of aromatic nitrogens is 2. The molecule has 0 saturated heterocycles. The first-order valence-corrected chi connectivity index (χ1v) is 6.53. The molecule has 20 heavy (non-hydrogen) atoms. The monoisotopic (exact) mass is 334 g/mol. The van der Waals surface area contributed by atoms with E-state index in [9.17, 15) is 9.18 Å². The molecule has 0 saturated carbocycles. The molecule has 0 aliphatic rings. The van der Waals surface area contributed by atoms with Gasteiger partial charge in [0.2, 0.25) is 5.88 Å². The number of carbonyl (C=O) groups excluding carboxylic acids is 1. The van der Waals surface area contributed by atoms with Crippen LogP contribution in [0.5, 0.6) is 11.6 Å². The van der Waals surface area contributed by atoms with Crippen LogP contribution in [0.15, 0.2) is 47.1 Å². The van der Waals surface area contributed by atoms with E-state index in [0.29, 0.717) is 23.4 Å². The molecule has 3 rings (SSSR count). The predicted molar refractivity (Wildman–Crippen MR) is 74.8 cm³/mol. The molecule has 100 valence electrons.